The van der Waals surface area contributed by atoms with Gasteiger partial charge in [-0.25, -0.2) is 4.98 Å². The summed E-state index contributed by atoms with van der Waals surface area (Å²) in [6.45, 7) is 4.24. The van der Waals surface area contributed by atoms with Crippen molar-refractivity contribution in [2.75, 3.05) is 6.61 Å². The lowest BCUT2D eigenvalue weighted by Crippen LogP contribution is -2.45. The minimum absolute atomic E-state index is 0.0758. The highest BCUT2D eigenvalue weighted by atomic mass is 32.1. The van der Waals surface area contributed by atoms with Crippen LogP contribution in [0.2, 0.25) is 0 Å². The molecule has 1 aromatic carbocycles. The second kappa shape index (κ2) is 10.3. The molecular weight excluding hydrogens is 456 g/mol. The highest BCUT2D eigenvalue weighted by molar-refractivity contribution is 7.11. The number of fused-ring (bicyclic) bond motifs is 1. The first-order chi connectivity index (χ1) is 16.4. The van der Waals surface area contributed by atoms with Gasteiger partial charge in [0.15, 0.2) is 0 Å². The van der Waals surface area contributed by atoms with Crippen molar-refractivity contribution in [3.05, 3.63) is 61.8 Å². The smallest absolute Gasteiger partial charge is 0.262 e. The average molecular weight is 483 g/mol. The first kappa shape index (κ1) is 23.8. The van der Waals surface area contributed by atoms with E-state index in [4.69, 9.17) is 4.74 Å². The zero-order valence-electron chi connectivity index (χ0n) is 19.1. The monoisotopic (exact) mass is 482 g/mol. The molecule has 1 atom stereocenters. The molecule has 1 unspecified atom stereocenters. The van der Waals surface area contributed by atoms with Gasteiger partial charge in [0.25, 0.3) is 5.56 Å². The van der Waals surface area contributed by atoms with Crippen LogP contribution >= 0.6 is 11.3 Å². The van der Waals surface area contributed by atoms with Crippen molar-refractivity contribution in [3.8, 4) is 0 Å². The standard InChI is InChI=1S/C24H26N4O5S/c1-3-15-4-6-16(7-5-15)11-33-12-21(30)25-10-19-22-17(13-34-19)24(32)28(14(2)26-22)18-8-9-20(29)27-23(18)31/h4-7,13,18H,3,8-12H2,1-2H3,(H,25,30)(H,27,29,31). The zero-order chi connectivity index (χ0) is 24.2. The largest absolute Gasteiger partial charge is 0.367 e. The van der Waals surface area contributed by atoms with Crippen LogP contribution in [0.3, 0.4) is 0 Å². The molecule has 3 aromatic rings. The molecular formula is C24H26N4O5S. The van der Waals surface area contributed by atoms with Gasteiger partial charge >= 0.3 is 0 Å². The molecule has 3 heterocycles. The van der Waals surface area contributed by atoms with Gasteiger partial charge in [0.2, 0.25) is 17.7 Å². The van der Waals surface area contributed by atoms with Crippen LogP contribution in [-0.2, 0) is 38.7 Å². The van der Waals surface area contributed by atoms with E-state index in [0.29, 0.717) is 23.3 Å². The predicted molar refractivity (Wildman–Crippen MR) is 127 cm³/mol. The summed E-state index contributed by atoms with van der Waals surface area (Å²) in [5.41, 5.74) is 2.43. The number of carbonyl (C=O) groups is 3. The number of rotatable bonds is 8. The van der Waals surface area contributed by atoms with Gasteiger partial charge in [0.05, 0.1) is 28.9 Å². The van der Waals surface area contributed by atoms with Gasteiger partial charge < -0.3 is 10.1 Å². The Morgan fingerprint density at radius 1 is 1.24 bits per heavy atom. The molecule has 2 N–H and O–H groups in total. The van der Waals surface area contributed by atoms with Crippen LogP contribution in [-0.4, -0.2) is 33.9 Å². The third-order valence-corrected chi connectivity index (χ3v) is 6.79. The van der Waals surface area contributed by atoms with Gasteiger partial charge in [-0.3, -0.25) is 29.1 Å². The van der Waals surface area contributed by atoms with Crippen molar-refractivity contribution in [2.24, 2.45) is 0 Å². The summed E-state index contributed by atoms with van der Waals surface area (Å²) < 4.78 is 6.86. The Kier molecular flexibility index (Phi) is 7.18. The molecule has 10 heteroatoms. The highest BCUT2D eigenvalue weighted by Gasteiger charge is 2.30. The number of aryl methyl sites for hydroxylation is 2. The minimum atomic E-state index is -0.763. The van der Waals surface area contributed by atoms with E-state index in [-0.39, 0.29) is 43.4 Å². The molecule has 0 aliphatic carbocycles. The molecule has 9 nitrogen and oxygen atoms in total. The molecule has 1 saturated heterocycles. The van der Waals surface area contributed by atoms with Crippen molar-refractivity contribution in [2.45, 2.75) is 52.3 Å². The van der Waals surface area contributed by atoms with Gasteiger partial charge in [-0.2, -0.15) is 0 Å². The number of piperidine rings is 1. The van der Waals surface area contributed by atoms with Crippen molar-refractivity contribution in [1.29, 1.82) is 0 Å². The van der Waals surface area contributed by atoms with E-state index in [1.807, 2.05) is 24.3 Å². The van der Waals surface area contributed by atoms with Crippen molar-refractivity contribution >= 4 is 40.0 Å². The maximum Gasteiger partial charge on any atom is 0.262 e. The second-order valence-corrected chi connectivity index (χ2v) is 9.13. The lowest BCUT2D eigenvalue weighted by molar-refractivity contribution is -0.136. The van der Waals surface area contributed by atoms with Crippen LogP contribution in [0.4, 0.5) is 0 Å². The van der Waals surface area contributed by atoms with E-state index in [1.165, 1.54) is 21.5 Å². The average Bonchev–Trinajstić information content (AvgIpc) is 3.22. The molecule has 4 rings (SSSR count). The molecule has 0 bridgehead atoms. The topological polar surface area (TPSA) is 119 Å². The van der Waals surface area contributed by atoms with Crippen molar-refractivity contribution in [1.82, 2.24) is 20.2 Å². The zero-order valence-corrected chi connectivity index (χ0v) is 19.9. The van der Waals surface area contributed by atoms with E-state index < -0.39 is 11.9 Å². The third-order valence-electron chi connectivity index (χ3n) is 5.81. The SMILES string of the molecule is CCc1ccc(COCC(=O)NCc2scc3c(=O)n(C4CCC(=O)NC4=O)c(C)nc23)cc1. The van der Waals surface area contributed by atoms with Crippen LogP contribution in [0.15, 0.2) is 34.4 Å². The highest BCUT2D eigenvalue weighted by Crippen LogP contribution is 2.24. The number of thiophene rings is 1. The summed E-state index contributed by atoms with van der Waals surface area (Å²) in [5, 5.41) is 7.16. The Morgan fingerprint density at radius 3 is 2.68 bits per heavy atom. The fraction of sp³-hybridized carbons (Fsp3) is 0.375. The quantitative estimate of drug-likeness (QED) is 0.475. The number of hydrogen-bond donors (Lipinski definition) is 2. The van der Waals surface area contributed by atoms with Crippen LogP contribution in [0, 0.1) is 6.92 Å². The second-order valence-electron chi connectivity index (χ2n) is 8.16. The summed E-state index contributed by atoms with van der Waals surface area (Å²) in [4.78, 5) is 54.3. The number of nitrogens with zero attached hydrogens (tertiary/aromatic N) is 2. The predicted octanol–water partition coefficient (Wildman–Crippen LogP) is 2.14. The van der Waals surface area contributed by atoms with Gasteiger partial charge in [-0.1, -0.05) is 31.2 Å². The Hall–Kier alpha value is -3.37. The lowest BCUT2D eigenvalue weighted by Gasteiger charge is -2.24. The summed E-state index contributed by atoms with van der Waals surface area (Å²) in [6.07, 6.45) is 1.40. The Balaban J connectivity index is 1.39. The van der Waals surface area contributed by atoms with Crippen LogP contribution in [0.1, 0.15) is 47.6 Å². The number of hydrogen-bond acceptors (Lipinski definition) is 7. The van der Waals surface area contributed by atoms with Gasteiger partial charge in [0, 0.05) is 11.8 Å². The molecule has 178 valence electrons. The third kappa shape index (κ3) is 5.07. The Labute approximate surface area is 200 Å². The molecule has 1 aliphatic heterocycles. The Morgan fingerprint density at radius 2 is 1.97 bits per heavy atom. The number of imide groups is 1. The van der Waals surface area contributed by atoms with Crippen LogP contribution < -0.4 is 16.2 Å². The summed E-state index contributed by atoms with van der Waals surface area (Å²) in [6, 6.07) is 7.31. The first-order valence-electron chi connectivity index (χ1n) is 11.1. The molecule has 34 heavy (non-hydrogen) atoms. The van der Waals surface area contributed by atoms with Gasteiger partial charge in [-0.15, -0.1) is 11.3 Å². The van der Waals surface area contributed by atoms with E-state index in [9.17, 15) is 19.2 Å². The molecule has 3 amide bonds. The fourth-order valence-electron chi connectivity index (χ4n) is 3.94. The van der Waals surface area contributed by atoms with Crippen LogP contribution in [0.25, 0.3) is 10.9 Å². The fourth-order valence-corrected chi connectivity index (χ4v) is 4.84. The number of nitrogens with one attached hydrogen (secondary N) is 2. The number of aromatic nitrogens is 2. The number of benzene rings is 1. The number of ether oxygens (including phenoxy) is 1. The van der Waals surface area contributed by atoms with E-state index >= 15 is 0 Å². The first-order valence-corrected chi connectivity index (χ1v) is 12.0. The molecule has 1 aliphatic rings. The molecule has 0 radical (unpaired) electrons. The minimum Gasteiger partial charge on any atom is -0.367 e. The van der Waals surface area contributed by atoms with E-state index in [2.05, 4.69) is 22.5 Å². The van der Waals surface area contributed by atoms with Gasteiger partial charge in [0.1, 0.15) is 18.5 Å². The summed E-state index contributed by atoms with van der Waals surface area (Å²) in [7, 11) is 0. The summed E-state index contributed by atoms with van der Waals surface area (Å²) in [5.74, 6) is -0.713. The number of carbonyl (C=O) groups excluding carboxylic acids is 3. The lowest BCUT2D eigenvalue weighted by atomic mass is 10.1. The maximum absolute atomic E-state index is 13.1. The maximum atomic E-state index is 13.1. The molecule has 0 spiro atoms. The normalized spacial score (nSPS) is 16.0. The molecule has 0 saturated carbocycles. The van der Waals surface area contributed by atoms with Gasteiger partial charge in [-0.05, 0) is 30.9 Å². The molecule has 2 aromatic heterocycles. The van der Waals surface area contributed by atoms with Crippen molar-refractivity contribution < 1.29 is 19.1 Å². The molecule has 1 fully saturated rings. The number of amides is 3. The van der Waals surface area contributed by atoms with E-state index in [0.717, 1.165) is 16.9 Å². The Bertz CT molecular complexity index is 1300. The van der Waals surface area contributed by atoms with E-state index in [1.54, 1.807) is 12.3 Å². The van der Waals surface area contributed by atoms with Crippen molar-refractivity contribution in [3.63, 3.8) is 0 Å². The summed E-state index contributed by atoms with van der Waals surface area (Å²) >= 11 is 1.32. The van der Waals surface area contributed by atoms with Crippen LogP contribution in [0.5, 0.6) is 0 Å².